The minimum absolute atomic E-state index is 0.390. The van der Waals surface area contributed by atoms with Gasteiger partial charge in [-0.3, -0.25) is 4.79 Å². The van der Waals surface area contributed by atoms with Crippen molar-refractivity contribution in [3.63, 3.8) is 0 Å². The number of piperidine rings is 2. The van der Waals surface area contributed by atoms with E-state index < -0.39 is 0 Å². The lowest BCUT2D eigenvalue weighted by Crippen LogP contribution is -2.44. The maximum absolute atomic E-state index is 12.4. The lowest BCUT2D eigenvalue weighted by Gasteiger charge is -2.36. The van der Waals surface area contributed by atoms with Gasteiger partial charge in [-0.15, -0.1) is 11.8 Å². The van der Waals surface area contributed by atoms with Gasteiger partial charge in [-0.2, -0.15) is 0 Å². The van der Waals surface area contributed by atoms with E-state index in [1.54, 1.807) is 0 Å². The third-order valence-corrected chi connectivity index (χ3v) is 5.65. The number of hydrogen-bond acceptors (Lipinski definition) is 3. The largest absolute Gasteiger partial charge is 0.339 e. The smallest absolute Gasteiger partial charge is 0.232 e. The van der Waals surface area contributed by atoms with Gasteiger partial charge in [0.15, 0.2) is 0 Å². The molecule has 2 aliphatic heterocycles. The van der Waals surface area contributed by atoms with Crippen LogP contribution in [0.15, 0.2) is 0 Å². The molecule has 3 nitrogen and oxygen atoms in total. The SMILES string of the molecule is CCCC1CCCCN1C(=O)CSC1CCNCC1. The Hall–Kier alpha value is -0.220. The minimum atomic E-state index is 0.390. The highest BCUT2D eigenvalue weighted by Gasteiger charge is 2.26. The highest BCUT2D eigenvalue weighted by atomic mass is 32.2. The molecule has 19 heavy (non-hydrogen) atoms. The van der Waals surface area contributed by atoms with E-state index in [1.807, 2.05) is 11.8 Å². The molecule has 2 rings (SSSR count). The van der Waals surface area contributed by atoms with Crippen LogP contribution in [-0.4, -0.2) is 47.5 Å². The first kappa shape index (κ1) is 15.2. The van der Waals surface area contributed by atoms with E-state index in [2.05, 4.69) is 17.1 Å². The molecule has 1 unspecified atom stereocenters. The molecular formula is C15H28N2OS. The Morgan fingerprint density at radius 2 is 2.05 bits per heavy atom. The van der Waals surface area contributed by atoms with Crippen LogP contribution in [0.1, 0.15) is 51.9 Å². The van der Waals surface area contributed by atoms with Gasteiger partial charge in [-0.05, 0) is 51.6 Å². The lowest BCUT2D eigenvalue weighted by molar-refractivity contribution is -0.132. The molecule has 0 aromatic heterocycles. The zero-order chi connectivity index (χ0) is 13.5. The Labute approximate surface area is 121 Å². The predicted octanol–water partition coefficient (Wildman–Crippen LogP) is 2.65. The Morgan fingerprint density at radius 1 is 1.26 bits per heavy atom. The van der Waals surface area contributed by atoms with Gasteiger partial charge in [0.2, 0.25) is 5.91 Å². The van der Waals surface area contributed by atoms with E-state index in [0.717, 1.165) is 19.6 Å². The molecule has 0 aliphatic carbocycles. The number of likely N-dealkylation sites (tertiary alicyclic amines) is 1. The molecule has 1 N–H and O–H groups in total. The van der Waals surface area contributed by atoms with Crippen LogP contribution in [0.4, 0.5) is 0 Å². The molecule has 0 radical (unpaired) electrons. The van der Waals surface area contributed by atoms with Crippen LogP contribution in [0.2, 0.25) is 0 Å². The second-order valence-corrected chi connectivity index (χ2v) is 7.07. The molecule has 2 heterocycles. The Kier molecular flexibility index (Phi) is 6.51. The van der Waals surface area contributed by atoms with E-state index in [9.17, 15) is 4.79 Å². The zero-order valence-corrected chi connectivity index (χ0v) is 13.0. The summed E-state index contributed by atoms with van der Waals surface area (Å²) in [4.78, 5) is 14.6. The molecule has 1 amide bonds. The average Bonchev–Trinajstić information content (AvgIpc) is 2.47. The fourth-order valence-electron chi connectivity index (χ4n) is 3.20. The average molecular weight is 284 g/mol. The molecule has 2 aliphatic rings. The standard InChI is InChI=1S/C15H28N2OS/c1-2-5-13-6-3-4-11-17(13)15(18)12-19-14-7-9-16-10-8-14/h13-14,16H,2-12H2,1H3. The third-order valence-electron chi connectivity index (χ3n) is 4.30. The van der Waals surface area contributed by atoms with Crippen LogP contribution < -0.4 is 5.32 Å². The second-order valence-electron chi connectivity index (χ2n) is 5.79. The fraction of sp³-hybridized carbons (Fsp3) is 0.933. The number of rotatable bonds is 5. The zero-order valence-electron chi connectivity index (χ0n) is 12.2. The molecule has 0 aromatic rings. The van der Waals surface area contributed by atoms with Gasteiger partial charge in [-0.1, -0.05) is 13.3 Å². The molecule has 2 fully saturated rings. The summed E-state index contributed by atoms with van der Waals surface area (Å²) in [6, 6.07) is 0.528. The molecule has 110 valence electrons. The normalized spacial score (nSPS) is 25.5. The monoisotopic (exact) mass is 284 g/mol. The first-order chi connectivity index (χ1) is 9.31. The molecule has 0 aromatic carbocycles. The Balaban J connectivity index is 1.76. The van der Waals surface area contributed by atoms with Crippen molar-refractivity contribution in [3.8, 4) is 0 Å². The second kappa shape index (κ2) is 8.15. The van der Waals surface area contributed by atoms with Crippen molar-refractivity contribution in [3.05, 3.63) is 0 Å². The van der Waals surface area contributed by atoms with Gasteiger partial charge in [0.1, 0.15) is 0 Å². The Morgan fingerprint density at radius 3 is 2.79 bits per heavy atom. The molecule has 2 saturated heterocycles. The molecule has 4 heteroatoms. The molecular weight excluding hydrogens is 256 g/mol. The highest BCUT2D eigenvalue weighted by molar-refractivity contribution is 8.00. The van der Waals surface area contributed by atoms with Crippen molar-refractivity contribution in [2.75, 3.05) is 25.4 Å². The number of nitrogens with zero attached hydrogens (tertiary/aromatic N) is 1. The van der Waals surface area contributed by atoms with Crippen molar-refractivity contribution >= 4 is 17.7 Å². The number of amides is 1. The summed E-state index contributed by atoms with van der Waals surface area (Å²) in [5, 5.41) is 4.07. The summed E-state index contributed by atoms with van der Waals surface area (Å²) in [6.45, 7) is 5.46. The Bertz CT molecular complexity index is 277. The maximum Gasteiger partial charge on any atom is 0.232 e. The van der Waals surface area contributed by atoms with Gasteiger partial charge in [0.25, 0.3) is 0 Å². The maximum atomic E-state index is 12.4. The van der Waals surface area contributed by atoms with Crippen LogP contribution in [0.3, 0.4) is 0 Å². The van der Waals surface area contributed by atoms with Crippen molar-refractivity contribution in [1.29, 1.82) is 0 Å². The molecule has 0 saturated carbocycles. The van der Waals surface area contributed by atoms with E-state index in [1.165, 1.54) is 44.9 Å². The highest BCUT2D eigenvalue weighted by Crippen LogP contribution is 2.24. The van der Waals surface area contributed by atoms with Crippen molar-refractivity contribution in [1.82, 2.24) is 10.2 Å². The number of carbonyl (C=O) groups excluding carboxylic acids is 1. The fourth-order valence-corrected chi connectivity index (χ4v) is 4.31. The molecule has 0 bridgehead atoms. The van der Waals surface area contributed by atoms with Crippen molar-refractivity contribution in [2.24, 2.45) is 0 Å². The summed E-state index contributed by atoms with van der Waals surface area (Å²) in [6.07, 6.45) is 8.53. The van der Waals surface area contributed by atoms with Gasteiger partial charge < -0.3 is 10.2 Å². The third kappa shape index (κ3) is 4.67. The van der Waals surface area contributed by atoms with Crippen LogP contribution >= 0.6 is 11.8 Å². The van der Waals surface area contributed by atoms with Gasteiger partial charge in [0, 0.05) is 17.8 Å². The molecule has 0 spiro atoms. The van der Waals surface area contributed by atoms with Gasteiger partial charge in [0.05, 0.1) is 5.75 Å². The minimum Gasteiger partial charge on any atom is -0.339 e. The van der Waals surface area contributed by atoms with Crippen LogP contribution in [0, 0.1) is 0 Å². The van der Waals surface area contributed by atoms with Crippen LogP contribution in [0.5, 0.6) is 0 Å². The van der Waals surface area contributed by atoms with Gasteiger partial charge in [-0.25, -0.2) is 0 Å². The van der Waals surface area contributed by atoms with E-state index in [-0.39, 0.29) is 0 Å². The first-order valence-corrected chi connectivity index (χ1v) is 8.98. The van der Waals surface area contributed by atoms with E-state index >= 15 is 0 Å². The number of thioether (sulfide) groups is 1. The molecule has 1 atom stereocenters. The van der Waals surface area contributed by atoms with Crippen LogP contribution in [0.25, 0.3) is 0 Å². The van der Waals surface area contributed by atoms with Crippen molar-refractivity contribution < 1.29 is 4.79 Å². The van der Waals surface area contributed by atoms with Gasteiger partial charge >= 0.3 is 0 Å². The number of nitrogens with one attached hydrogen (secondary N) is 1. The van der Waals surface area contributed by atoms with E-state index in [4.69, 9.17) is 0 Å². The number of carbonyl (C=O) groups is 1. The summed E-state index contributed by atoms with van der Waals surface area (Å²) in [7, 11) is 0. The summed E-state index contributed by atoms with van der Waals surface area (Å²) < 4.78 is 0. The number of hydrogen-bond donors (Lipinski definition) is 1. The van der Waals surface area contributed by atoms with Crippen LogP contribution in [-0.2, 0) is 4.79 Å². The summed E-state index contributed by atoms with van der Waals surface area (Å²) >= 11 is 1.89. The summed E-state index contributed by atoms with van der Waals surface area (Å²) in [5.41, 5.74) is 0. The quantitative estimate of drug-likeness (QED) is 0.842. The van der Waals surface area contributed by atoms with E-state index in [0.29, 0.717) is 23.0 Å². The summed E-state index contributed by atoms with van der Waals surface area (Å²) in [5.74, 6) is 1.09. The lowest BCUT2D eigenvalue weighted by atomic mass is 9.98. The topological polar surface area (TPSA) is 32.3 Å². The predicted molar refractivity (Wildman–Crippen MR) is 82.6 cm³/mol. The first-order valence-electron chi connectivity index (χ1n) is 7.93. The van der Waals surface area contributed by atoms with Crippen molar-refractivity contribution in [2.45, 2.75) is 63.2 Å².